The number of nitrogens with zero attached hydrogens (tertiary/aromatic N) is 2. The molecule has 0 atom stereocenters. The molecule has 0 aliphatic rings. The van der Waals surface area contributed by atoms with E-state index < -0.39 is 0 Å². The lowest BCUT2D eigenvalue weighted by atomic mass is 10.1. The van der Waals surface area contributed by atoms with Crippen LogP contribution in [0.1, 0.15) is 29.6 Å². The summed E-state index contributed by atoms with van der Waals surface area (Å²) in [5.74, 6) is 0.366. The second-order valence-electron chi connectivity index (χ2n) is 5.14. The van der Waals surface area contributed by atoms with Crippen LogP contribution in [-0.2, 0) is 11.4 Å². The lowest BCUT2D eigenvalue weighted by Crippen LogP contribution is -2.25. The van der Waals surface area contributed by atoms with Crippen molar-refractivity contribution < 1.29 is 9.53 Å². The number of ether oxygens (including phenoxy) is 1. The zero-order valence-electron chi connectivity index (χ0n) is 13.7. The topological polar surface area (TPSA) is 75.0 Å². The second kappa shape index (κ2) is 8.85. The minimum atomic E-state index is -0.349. The molecule has 124 valence electrons. The van der Waals surface area contributed by atoms with Gasteiger partial charge in [-0.2, -0.15) is 5.26 Å². The van der Waals surface area contributed by atoms with E-state index >= 15 is 0 Å². The van der Waals surface area contributed by atoms with Gasteiger partial charge in [-0.15, -0.1) is 11.3 Å². The lowest BCUT2D eigenvalue weighted by Gasteiger charge is -2.05. The molecule has 6 heteroatoms. The number of thiazole rings is 1. The molecule has 2 rings (SSSR count). The van der Waals surface area contributed by atoms with Crippen molar-refractivity contribution in [3.8, 4) is 11.8 Å². The van der Waals surface area contributed by atoms with Crippen LogP contribution in [0, 0.1) is 18.3 Å². The molecule has 1 aromatic carbocycles. The highest BCUT2D eigenvalue weighted by Gasteiger charge is 2.07. The zero-order chi connectivity index (χ0) is 17.4. The average molecular weight is 341 g/mol. The Labute approximate surface area is 145 Å². The Morgan fingerprint density at radius 2 is 2.17 bits per heavy atom. The molecule has 0 saturated heterocycles. The van der Waals surface area contributed by atoms with E-state index in [9.17, 15) is 4.79 Å². The van der Waals surface area contributed by atoms with Crippen LogP contribution in [0.3, 0.4) is 0 Å². The van der Waals surface area contributed by atoms with Crippen LogP contribution in [-0.4, -0.2) is 17.4 Å². The molecule has 0 fully saturated rings. The monoisotopic (exact) mass is 341 g/mol. The van der Waals surface area contributed by atoms with Gasteiger partial charge in [-0.3, -0.25) is 4.79 Å². The van der Waals surface area contributed by atoms with E-state index in [4.69, 9.17) is 10.00 Å². The first kappa shape index (κ1) is 17.7. The van der Waals surface area contributed by atoms with Gasteiger partial charge in [-0.05, 0) is 37.1 Å². The highest BCUT2D eigenvalue weighted by molar-refractivity contribution is 7.09. The minimum absolute atomic E-state index is 0.0927. The molecule has 5 nitrogen and oxygen atoms in total. The van der Waals surface area contributed by atoms with Crippen molar-refractivity contribution in [2.45, 2.75) is 26.9 Å². The van der Waals surface area contributed by atoms with Crippen molar-refractivity contribution in [3.05, 3.63) is 51.5 Å². The maximum atomic E-state index is 11.8. The zero-order valence-corrected chi connectivity index (χ0v) is 14.5. The largest absolute Gasteiger partial charge is 0.487 e. The molecule has 0 saturated carbocycles. The van der Waals surface area contributed by atoms with Crippen molar-refractivity contribution in [2.75, 3.05) is 6.54 Å². The van der Waals surface area contributed by atoms with Crippen LogP contribution in [0.15, 0.2) is 35.2 Å². The molecule has 1 N–H and O–H groups in total. The molecular weight excluding hydrogens is 322 g/mol. The molecule has 0 aliphatic carbocycles. The number of benzene rings is 1. The summed E-state index contributed by atoms with van der Waals surface area (Å²) in [6, 6.07) is 9.18. The Hall–Kier alpha value is -2.65. The average Bonchev–Trinajstić information content (AvgIpc) is 3.02. The van der Waals surface area contributed by atoms with Gasteiger partial charge in [0.1, 0.15) is 24.0 Å². The third kappa shape index (κ3) is 5.21. The summed E-state index contributed by atoms with van der Waals surface area (Å²) in [6.45, 7) is 4.89. The molecule has 1 heterocycles. The highest BCUT2D eigenvalue weighted by atomic mass is 32.1. The molecule has 0 radical (unpaired) electrons. The minimum Gasteiger partial charge on any atom is -0.487 e. The predicted octanol–water partition coefficient (Wildman–Crippen LogP) is 3.46. The molecule has 0 bridgehead atoms. The van der Waals surface area contributed by atoms with Gasteiger partial charge in [-0.1, -0.05) is 19.1 Å². The number of nitrogens with one attached hydrogen (secondary N) is 1. The Balaban J connectivity index is 1.98. The number of aryl methyl sites for hydroxylation is 1. The predicted molar refractivity (Wildman–Crippen MR) is 94.5 cm³/mol. The van der Waals surface area contributed by atoms with Crippen molar-refractivity contribution in [1.82, 2.24) is 10.3 Å². The van der Waals surface area contributed by atoms with E-state index in [0.717, 1.165) is 22.7 Å². The van der Waals surface area contributed by atoms with E-state index in [1.165, 1.54) is 0 Å². The normalized spacial score (nSPS) is 11.0. The van der Waals surface area contributed by atoms with Crippen molar-refractivity contribution in [2.24, 2.45) is 0 Å². The maximum Gasteiger partial charge on any atom is 0.261 e. The molecule has 2 aromatic rings. The summed E-state index contributed by atoms with van der Waals surface area (Å²) in [5, 5.41) is 14.8. The molecular formula is C18H19N3O2S. The fraction of sp³-hybridized carbons (Fsp3) is 0.278. The highest BCUT2D eigenvalue weighted by Crippen LogP contribution is 2.17. The van der Waals surface area contributed by atoms with E-state index in [1.54, 1.807) is 17.4 Å². The Kier molecular flexibility index (Phi) is 6.52. The number of rotatable bonds is 7. The van der Waals surface area contributed by atoms with Crippen molar-refractivity contribution in [3.63, 3.8) is 0 Å². The van der Waals surface area contributed by atoms with Gasteiger partial charge >= 0.3 is 0 Å². The van der Waals surface area contributed by atoms with Gasteiger partial charge in [0.15, 0.2) is 0 Å². The quantitative estimate of drug-likeness (QED) is 0.618. The number of carbonyl (C=O) groups excluding carboxylic acids is 1. The van der Waals surface area contributed by atoms with E-state index in [-0.39, 0.29) is 11.5 Å². The number of hydrogen-bond donors (Lipinski definition) is 1. The maximum absolute atomic E-state index is 11.8. The van der Waals surface area contributed by atoms with Gasteiger partial charge in [0, 0.05) is 11.9 Å². The van der Waals surface area contributed by atoms with E-state index in [0.29, 0.717) is 18.9 Å². The van der Waals surface area contributed by atoms with Crippen molar-refractivity contribution >= 4 is 23.3 Å². The van der Waals surface area contributed by atoms with Crippen LogP contribution in [0.5, 0.6) is 5.75 Å². The van der Waals surface area contributed by atoms with E-state index in [2.05, 4.69) is 10.3 Å². The van der Waals surface area contributed by atoms with Crippen molar-refractivity contribution in [1.29, 1.82) is 5.26 Å². The molecule has 1 aromatic heterocycles. The van der Waals surface area contributed by atoms with Crippen LogP contribution in [0.4, 0.5) is 0 Å². The number of aromatic nitrogens is 1. The first-order chi connectivity index (χ1) is 11.6. The van der Waals surface area contributed by atoms with Crippen LogP contribution >= 0.6 is 11.3 Å². The number of amides is 1. The Morgan fingerprint density at radius 1 is 1.42 bits per heavy atom. The van der Waals surface area contributed by atoms with E-state index in [1.807, 2.05) is 49.6 Å². The first-order valence-corrected chi connectivity index (χ1v) is 8.54. The van der Waals surface area contributed by atoms with Gasteiger partial charge in [0.05, 0.1) is 10.7 Å². The first-order valence-electron chi connectivity index (χ1n) is 7.66. The van der Waals surface area contributed by atoms with Crippen LogP contribution < -0.4 is 10.1 Å². The fourth-order valence-electron chi connectivity index (χ4n) is 1.94. The third-order valence-corrected chi connectivity index (χ3v) is 3.97. The summed E-state index contributed by atoms with van der Waals surface area (Å²) in [5.41, 5.74) is 1.77. The summed E-state index contributed by atoms with van der Waals surface area (Å²) in [4.78, 5) is 16.2. The SMILES string of the molecule is CCCNC(=O)/C(C#N)=C\c1ccc(OCc2csc(C)n2)cc1. The fourth-order valence-corrected chi connectivity index (χ4v) is 2.54. The van der Waals surface area contributed by atoms with Crippen LogP contribution in [0.25, 0.3) is 6.08 Å². The summed E-state index contributed by atoms with van der Waals surface area (Å²) in [6.07, 6.45) is 2.40. The Bertz CT molecular complexity index is 757. The van der Waals surface area contributed by atoms with Gasteiger partial charge in [-0.25, -0.2) is 4.98 Å². The standard InChI is InChI=1S/C18H19N3O2S/c1-3-8-20-18(22)15(10-19)9-14-4-6-17(7-5-14)23-11-16-12-24-13(2)21-16/h4-7,9,12H,3,8,11H2,1-2H3,(H,20,22)/b15-9-. The number of carbonyl (C=O) groups is 1. The Morgan fingerprint density at radius 3 is 2.75 bits per heavy atom. The van der Waals surface area contributed by atoms with Gasteiger partial charge in [0.2, 0.25) is 0 Å². The smallest absolute Gasteiger partial charge is 0.261 e. The molecule has 0 aliphatic heterocycles. The molecule has 1 amide bonds. The lowest BCUT2D eigenvalue weighted by molar-refractivity contribution is -0.117. The number of nitriles is 1. The molecule has 0 spiro atoms. The molecule has 0 unspecified atom stereocenters. The molecule has 24 heavy (non-hydrogen) atoms. The van der Waals surface area contributed by atoms with Gasteiger partial charge in [0.25, 0.3) is 5.91 Å². The summed E-state index contributed by atoms with van der Waals surface area (Å²) in [7, 11) is 0. The number of hydrogen-bond acceptors (Lipinski definition) is 5. The summed E-state index contributed by atoms with van der Waals surface area (Å²) < 4.78 is 5.67. The third-order valence-electron chi connectivity index (χ3n) is 3.15. The van der Waals surface area contributed by atoms with Crippen LogP contribution in [0.2, 0.25) is 0 Å². The summed E-state index contributed by atoms with van der Waals surface area (Å²) >= 11 is 1.59. The van der Waals surface area contributed by atoms with Gasteiger partial charge < -0.3 is 10.1 Å². The second-order valence-corrected chi connectivity index (χ2v) is 6.20.